The number of hydrogen-bond donors (Lipinski definition) is 1. The number of hydroxylamine groups is 1. The van der Waals surface area contributed by atoms with Crippen LogP contribution in [-0.4, -0.2) is 0 Å². The topological polar surface area (TPSA) is 39.7 Å². The predicted molar refractivity (Wildman–Crippen MR) is 10.7 cm³/mol. The quantitative estimate of drug-likeness (QED) is 0.395. The summed E-state index contributed by atoms with van der Waals surface area (Å²) in [5.74, 6) is 0. The lowest BCUT2D eigenvalue weighted by molar-refractivity contribution is -0.460. The van der Waals surface area contributed by atoms with Gasteiger partial charge >= 0.3 is 0 Å². The largest absolute Gasteiger partial charge is 0.215 e. The van der Waals surface area contributed by atoms with E-state index in [9.17, 15) is 0 Å². The van der Waals surface area contributed by atoms with Crippen molar-refractivity contribution in [2.45, 2.75) is 0 Å². The van der Waals surface area contributed by atoms with Gasteiger partial charge in [0.15, 0.2) is 0 Å². The second kappa shape index (κ2) is 1.32. The predicted octanol–water partition coefficient (Wildman–Crippen LogP) is -0.496. The molecule has 1 aliphatic rings. The highest BCUT2D eigenvalue weighted by Gasteiger charge is 1.96. The normalized spacial score (nSPS) is 24.0. The molecule has 0 saturated carbocycles. The molecule has 0 spiro atoms. The molecule has 0 bridgehead atoms. The molecule has 0 atom stereocenters. The summed E-state index contributed by atoms with van der Waals surface area (Å²) in [6, 6.07) is 0. The summed E-state index contributed by atoms with van der Waals surface area (Å²) >= 11 is 0. The van der Waals surface area contributed by atoms with Crippen molar-refractivity contribution >= 4 is 0 Å². The van der Waals surface area contributed by atoms with E-state index in [4.69, 9.17) is 0 Å². The molecular formula is CH2NO3. The van der Waals surface area contributed by atoms with Crippen LogP contribution in [0.5, 0.6) is 0 Å². The smallest absolute Gasteiger partial charge is 0.179 e. The van der Waals surface area contributed by atoms with E-state index in [1.54, 1.807) is 0 Å². The Morgan fingerprint density at radius 1 is 1.60 bits per heavy atom. The summed E-state index contributed by atoms with van der Waals surface area (Å²) in [7, 11) is 0. The number of nitrogens with one attached hydrogen (secondary N) is 1. The van der Waals surface area contributed by atoms with Crippen LogP contribution in [-0.2, 0) is 14.9 Å². The fourth-order valence-electron chi connectivity index (χ4n) is 0.0982. The summed E-state index contributed by atoms with van der Waals surface area (Å²) in [5, 5.41) is 3.78. The molecule has 1 radical (unpaired) electrons. The Morgan fingerprint density at radius 2 is 2.60 bits per heavy atom. The molecule has 1 rings (SSSR count). The molecule has 0 aromatic rings. The monoisotopic (exact) mass is 76.0 g/mol. The Kier molecular flexibility index (Phi) is 0.806. The molecule has 0 amide bonds. The van der Waals surface area contributed by atoms with Crippen LogP contribution >= 0.6 is 0 Å². The van der Waals surface area contributed by atoms with Gasteiger partial charge in [-0.1, -0.05) is 0 Å². The number of rotatable bonds is 0. The lowest BCUT2D eigenvalue weighted by Crippen LogP contribution is -1.95. The van der Waals surface area contributed by atoms with Crippen LogP contribution in [0, 0.1) is 6.73 Å². The summed E-state index contributed by atoms with van der Waals surface area (Å²) < 4.78 is 0. The maximum Gasteiger partial charge on any atom is 0.215 e. The first kappa shape index (κ1) is 3.05. The van der Waals surface area contributed by atoms with Crippen molar-refractivity contribution in [3.8, 4) is 0 Å². The van der Waals surface area contributed by atoms with Crippen LogP contribution < -0.4 is 5.48 Å². The van der Waals surface area contributed by atoms with Gasteiger partial charge in [0, 0.05) is 0 Å². The second-order valence-electron chi connectivity index (χ2n) is 0.483. The molecule has 0 aromatic carbocycles. The van der Waals surface area contributed by atoms with Gasteiger partial charge in [0.2, 0.25) is 6.73 Å². The summed E-state index contributed by atoms with van der Waals surface area (Å²) in [6.45, 7) is 1.17. The van der Waals surface area contributed by atoms with Crippen molar-refractivity contribution in [2.75, 3.05) is 0 Å². The SMILES string of the molecule is [CH]1NOOO1. The molecule has 29 valence electrons. The fourth-order valence-corrected chi connectivity index (χ4v) is 0.0982. The van der Waals surface area contributed by atoms with E-state index >= 15 is 0 Å². The molecule has 4 nitrogen and oxygen atoms in total. The highest BCUT2D eigenvalue weighted by atomic mass is 17.6. The average Bonchev–Trinajstić information content (AvgIpc) is 1.76. The van der Waals surface area contributed by atoms with Crippen LogP contribution in [0.3, 0.4) is 0 Å². The molecule has 0 unspecified atom stereocenters. The van der Waals surface area contributed by atoms with Crippen molar-refractivity contribution in [1.29, 1.82) is 0 Å². The van der Waals surface area contributed by atoms with Crippen molar-refractivity contribution in [3.63, 3.8) is 0 Å². The van der Waals surface area contributed by atoms with Gasteiger partial charge < -0.3 is 0 Å². The van der Waals surface area contributed by atoms with Gasteiger partial charge in [-0.3, -0.25) is 0 Å². The lowest BCUT2D eigenvalue weighted by atomic mass is 11.4. The summed E-state index contributed by atoms with van der Waals surface area (Å²) in [5.41, 5.74) is 2.15. The van der Waals surface area contributed by atoms with Gasteiger partial charge in [-0.25, -0.2) is 0 Å². The molecule has 0 aliphatic carbocycles. The molecule has 5 heavy (non-hydrogen) atoms. The van der Waals surface area contributed by atoms with Crippen LogP contribution in [0.15, 0.2) is 0 Å². The highest BCUT2D eigenvalue weighted by Crippen LogP contribution is 1.86. The van der Waals surface area contributed by atoms with Gasteiger partial charge in [-0.05, 0) is 5.04 Å². The standard InChI is InChI=1S/CH2NO3/c1-2-4-5-3-1/h1-2H. The summed E-state index contributed by atoms with van der Waals surface area (Å²) in [6.07, 6.45) is 0. The van der Waals surface area contributed by atoms with Gasteiger partial charge in [-0.15, -0.1) is 10.5 Å². The minimum absolute atomic E-state index is 1.17. The zero-order valence-electron chi connectivity index (χ0n) is 2.30. The maximum atomic E-state index is 3.99. The van der Waals surface area contributed by atoms with Crippen molar-refractivity contribution in [2.24, 2.45) is 0 Å². The zero-order chi connectivity index (χ0) is 3.54. The molecule has 0 aromatic heterocycles. The van der Waals surface area contributed by atoms with E-state index in [1.807, 2.05) is 0 Å². The van der Waals surface area contributed by atoms with E-state index in [0.717, 1.165) is 0 Å². The van der Waals surface area contributed by atoms with Gasteiger partial charge in [0.25, 0.3) is 0 Å². The van der Waals surface area contributed by atoms with E-state index < -0.39 is 0 Å². The maximum absolute atomic E-state index is 3.99. The van der Waals surface area contributed by atoms with Crippen LogP contribution in [0.2, 0.25) is 0 Å². The van der Waals surface area contributed by atoms with E-state index in [1.165, 1.54) is 6.73 Å². The first-order valence-corrected chi connectivity index (χ1v) is 1.06. The van der Waals surface area contributed by atoms with Crippen LogP contribution in [0.25, 0.3) is 0 Å². The lowest BCUT2D eigenvalue weighted by Gasteiger charge is -1.72. The van der Waals surface area contributed by atoms with Crippen molar-refractivity contribution in [1.82, 2.24) is 5.48 Å². The molecule has 1 saturated heterocycles. The van der Waals surface area contributed by atoms with E-state index in [0.29, 0.717) is 0 Å². The third-order valence-electron chi connectivity index (χ3n) is 0.218. The zero-order valence-corrected chi connectivity index (χ0v) is 2.30. The Labute approximate surface area is 28.4 Å². The fraction of sp³-hybridized carbons (Fsp3) is 0. The van der Waals surface area contributed by atoms with Crippen LogP contribution in [0.4, 0.5) is 0 Å². The minimum atomic E-state index is 1.17. The van der Waals surface area contributed by atoms with Crippen molar-refractivity contribution < 1.29 is 14.9 Å². The Balaban J connectivity index is 2.08. The molecule has 1 aliphatic heterocycles. The Bertz CT molecular complexity index is 18.5. The molecule has 1 heterocycles. The third-order valence-corrected chi connectivity index (χ3v) is 0.218. The van der Waals surface area contributed by atoms with Gasteiger partial charge in [-0.2, -0.15) is 4.89 Å². The van der Waals surface area contributed by atoms with Crippen LogP contribution in [0.1, 0.15) is 0 Å². The minimum Gasteiger partial charge on any atom is -0.179 e. The number of hydrogen-bond acceptors (Lipinski definition) is 4. The van der Waals surface area contributed by atoms with Gasteiger partial charge in [0.1, 0.15) is 0 Å². The third kappa shape index (κ3) is 0.555. The molecular weight excluding hydrogens is 74.0 g/mol. The Hall–Kier alpha value is -0.160. The molecule has 4 heteroatoms. The second-order valence-corrected chi connectivity index (χ2v) is 0.483. The molecule has 1 fully saturated rings. The van der Waals surface area contributed by atoms with E-state index in [2.05, 4.69) is 20.4 Å². The Morgan fingerprint density at radius 3 is 2.80 bits per heavy atom. The average molecular weight is 76.0 g/mol. The first-order chi connectivity index (χ1) is 2.50. The molecule has 1 N–H and O–H groups in total. The summed E-state index contributed by atoms with van der Waals surface area (Å²) in [4.78, 5) is 7.90. The van der Waals surface area contributed by atoms with Gasteiger partial charge in [0.05, 0.1) is 0 Å². The first-order valence-electron chi connectivity index (χ1n) is 1.06. The van der Waals surface area contributed by atoms with Crippen molar-refractivity contribution in [3.05, 3.63) is 6.73 Å². The van der Waals surface area contributed by atoms with E-state index in [-0.39, 0.29) is 0 Å². The highest BCUT2D eigenvalue weighted by molar-refractivity contribution is 4.24.